The first kappa shape index (κ1) is 33.4. The minimum absolute atomic E-state index is 0.0679. The summed E-state index contributed by atoms with van der Waals surface area (Å²) in [6, 6.07) is 3.29. The average molecular weight is 663 g/mol. The van der Waals surface area contributed by atoms with Gasteiger partial charge in [0, 0.05) is 41.7 Å². The van der Waals surface area contributed by atoms with Gasteiger partial charge in [-0.2, -0.15) is 0 Å². The number of aliphatic hydroxyl groups is 2. The number of ketones is 3. The van der Waals surface area contributed by atoms with Crippen molar-refractivity contribution in [3.8, 4) is 17.2 Å². The normalized spacial score (nSPS) is 27.6. The zero-order chi connectivity index (χ0) is 33.7. The van der Waals surface area contributed by atoms with Crippen molar-refractivity contribution in [2.24, 2.45) is 0 Å². The molecule has 1 saturated heterocycles. The number of ether oxygens (including phenoxy) is 4. The summed E-state index contributed by atoms with van der Waals surface area (Å²) in [4.78, 5) is 52.3. The minimum atomic E-state index is -2.43. The van der Waals surface area contributed by atoms with Crippen LogP contribution in [0.3, 0.4) is 0 Å². The number of fused-ring (bicyclic) bond motifs is 3. The lowest BCUT2D eigenvalue weighted by molar-refractivity contribution is -0.249. The number of aromatic hydroxyl groups is 2. The van der Waals surface area contributed by atoms with E-state index in [0.717, 1.165) is 6.92 Å². The van der Waals surface area contributed by atoms with Gasteiger partial charge in [-0.3, -0.25) is 18.6 Å². The monoisotopic (exact) mass is 662 g/mol. The lowest BCUT2D eigenvalue weighted by Gasteiger charge is -2.42. The molecule has 0 spiro atoms. The van der Waals surface area contributed by atoms with Crippen LogP contribution >= 0.6 is 0 Å². The Morgan fingerprint density at radius 2 is 1.85 bits per heavy atom. The van der Waals surface area contributed by atoms with E-state index in [1.807, 2.05) is 0 Å². The largest absolute Gasteiger partial charge is 0.772 e. The molecule has 2 aliphatic carbocycles. The van der Waals surface area contributed by atoms with Crippen LogP contribution < -0.4 is 10.1 Å². The number of benzene rings is 2. The second-order valence-corrected chi connectivity index (χ2v) is 12.4. The highest BCUT2D eigenvalue weighted by molar-refractivity contribution is 7.79. The quantitative estimate of drug-likeness (QED) is 0.165. The fourth-order valence-corrected chi connectivity index (χ4v) is 6.38. The Morgan fingerprint density at radius 1 is 1.15 bits per heavy atom. The summed E-state index contributed by atoms with van der Waals surface area (Å²) in [5, 5.41) is 47.5. The lowest BCUT2D eigenvalue weighted by atomic mass is 9.72. The number of nitrogens with one attached hydrogen (secondary N) is 1. The lowest BCUT2D eigenvalue weighted by Crippen LogP contribution is -2.55. The van der Waals surface area contributed by atoms with E-state index in [0.29, 0.717) is 0 Å². The molecule has 1 heterocycles. The van der Waals surface area contributed by atoms with Crippen LogP contribution in [0.15, 0.2) is 18.2 Å². The topological polar surface area (TPSA) is 238 Å². The zero-order valence-corrected chi connectivity index (χ0v) is 25.8. The van der Waals surface area contributed by atoms with Gasteiger partial charge < -0.3 is 49.2 Å². The molecule has 0 saturated carbocycles. The van der Waals surface area contributed by atoms with Crippen molar-refractivity contribution in [2.45, 2.75) is 69.4 Å². The van der Waals surface area contributed by atoms with Crippen LogP contribution in [0, 0.1) is 0 Å². The molecule has 16 heteroatoms. The Kier molecular flexibility index (Phi) is 9.23. The molecule has 0 radical (unpaired) electrons. The standard InChI is InChI=1S/C30H33NO14S/c1-12-24(33)16(31-29(38)43-7-8-46(40)41)9-19(44-12)45-18-11-30(39,13(2)32)10-15-21(18)28(37)23-22(26(15)35)25(34)14-5-4-6-17(42-3)20(14)27(23)36/h4-6,12,16,18-19,24,33,35,37,39H,7-11H2,1-3H3,(H,31,38)(H,40,41)/p-1/t12?,16?,18?,19?,24?,30-/m0/s1. The number of hydrogen-bond donors (Lipinski definition) is 5. The van der Waals surface area contributed by atoms with Gasteiger partial charge >= 0.3 is 6.09 Å². The van der Waals surface area contributed by atoms with Gasteiger partial charge in [-0.15, -0.1) is 0 Å². The van der Waals surface area contributed by atoms with Crippen LogP contribution in [0.4, 0.5) is 4.79 Å². The highest BCUT2D eigenvalue weighted by Gasteiger charge is 2.49. The van der Waals surface area contributed by atoms with Crippen molar-refractivity contribution in [2.75, 3.05) is 19.5 Å². The number of carbonyl (C=O) groups is 4. The van der Waals surface area contributed by atoms with Crippen molar-refractivity contribution in [1.82, 2.24) is 5.32 Å². The maximum Gasteiger partial charge on any atom is 0.407 e. The minimum Gasteiger partial charge on any atom is -0.772 e. The van der Waals surface area contributed by atoms with Gasteiger partial charge in [-0.05, 0) is 19.9 Å². The number of rotatable bonds is 8. The van der Waals surface area contributed by atoms with Crippen molar-refractivity contribution < 1.29 is 67.3 Å². The summed E-state index contributed by atoms with van der Waals surface area (Å²) >= 11 is -2.43. The molecule has 6 unspecified atom stereocenters. The van der Waals surface area contributed by atoms with Crippen LogP contribution in [-0.2, 0) is 36.5 Å². The fraction of sp³-hybridized carbons (Fsp3) is 0.467. The first-order valence-corrected chi connectivity index (χ1v) is 15.5. The molecular formula is C30H32NO14S-. The first-order chi connectivity index (χ1) is 21.7. The number of amides is 1. The summed E-state index contributed by atoms with van der Waals surface area (Å²) < 4.78 is 43.5. The molecular weight excluding hydrogens is 630 g/mol. The predicted octanol–water partition coefficient (Wildman–Crippen LogP) is 0.675. The van der Waals surface area contributed by atoms with Crippen LogP contribution in [0.1, 0.15) is 75.8 Å². The third-order valence-electron chi connectivity index (χ3n) is 8.54. The molecule has 0 bridgehead atoms. The number of phenols is 2. The second-order valence-electron chi connectivity index (χ2n) is 11.4. The summed E-state index contributed by atoms with van der Waals surface area (Å²) in [5.41, 5.74) is -3.65. The Labute approximate surface area is 264 Å². The average Bonchev–Trinajstić information content (AvgIpc) is 2.99. The number of carbonyl (C=O) groups excluding carboxylic acids is 4. The third-order valence-corrected chi connectivity index (χ3v) is 9.04. The van der Waals surface area contributed by atoms with Gasteiger partial charge in [0.25, 0.3) is 0 Å². The summed E-state index contributed by atoms with van der Waals surface area (Å²) in [6.07, 6.45) is -7.03. The van der Waals surface area contributed by atoms with E-state index in [-0.39, 0.29) is 34.4 Å². The maximum atomic E-state index is 13.8. The molecule has 2 aromatic carbocycles. The van der Waals surface area contributed by atoms with Crippen LogP contribution in [-0.4, -0.2) is 102 Å². The van der Waals surface area contributed by atoms with Gasteiger partial charge in [0.05, 0.1) is 42.0 Å². The molecule has 248 valence electrons. The number of methoxy groups -OCH3 is 1. The van der Waals surface area contributed by atoms with E-state index >= 15 is 0 Å². The fourth-order valence-electron chi connectivity index (χ4n) is 6.16. The van der Waals surface area contributed by atoms with E-state index in [1.165, 1.54) is 32.2 Å². The van der Waals surface area contributed by atoms with Gasteiger partial charge in [0.15, 0.2) is 17.9 Å². The SMILES string of the molecule is COc1cccc2c1C(=O)c1c(O)c3c(c(O)c1C2=O)C[C@@](O)(C(C)=O)CC3OC1CC(NC(=O)OCCS(=O)[O-])C(O)C(C)O1. The van der Waals surface area contributed by atoms with Crippen molar-refractivity contribution in [3.63, 3.8) is 0 Å². The highest BCUT2D eigenvalue weighted by Crippen LogP contribution is 2.52. The van der Waals surface area contributed by atoms with E-state index in [9.17, 15) is 48.4 Å². The maximum absolute atomic E-state index is 13.8. The van der Waals surface area contributed by atoms with Crippen LogP contribution in [0.5, 0.6) is 17.2 Å². The number of hydrogen-bond acceptors (Lipinski definition) is 14. The zero-order valence-electron chi connectivity index (χ0n) is 24.9. The van der Waals surface area contributed by atoms with Crippen LogP contribution in [0.25, 0.3) is 0 Å². The summed E-state index contributed by atoms with van der Waals surface area (Å²) in [6.45, 7) is 2.18. The van der Waals surface area contributed by atoms with Crippen molar-refractivity contribution >= 4 is 34.5 Å². The number of alkyl carbamates (subject to hydrolysis) is 1. The molecule has 2 aromatic rings. The van der Waals surface area contributed by atoms with E-state index in [2.05, 4.69) is 5.32 Å². The molecule has 5 N–H and O–H groups in total. The molecule has 1 fully saturated rings. The van der Waals surface area contributed by atoms with Crippen molar-refractivity contribution in [3.05, 3.63) is 51.6 Å². The Hall–Kier alpha value is -3.93. The van der Waals surface area contributed by atoms with Gasteiger partial charge in [0.2, 0.25) is 5.78 Å². The second kappa shape index (κ2) is 12.7. The number of Topliss-reactive ketones (excluding diaryl/α,β-unsaturated/α-hetero) is 1. The Morgan fingerprint density at radius 3 is 2.50 bits per heavy atom. The van der Waals surface area contributed by atoms with Gasteiger partial charge in [-0.1, -0.05) is 23.2 Å². The smallest absolute Gasteiger partial charge is 0.407 e. The number of aliphatic hydroxyl groups excluding tert-OH is 1. The Bertz CT molecular complexity index is 1640. The molecule has 1 aliphatic heterocycles. The number of phenolic OH excluding ortho intramolecular Hbond substituents is 2. The van der Waals surface area contributed by atoms with Crippen LogP contribution in [0.2, 0.25) is 0 Å². The van der Waals surface area contributed by atoms with E-state index < -0.39 is 119 Å². The molecule has 3 aliphatic rings. The predicted molar refractivity (Wildman–Crippen MR) is 154 cm³/mol. The first-order valence-electron chi connectivity index (χ1n) is 14.3. The summed E-state index contributed by atoms with van der Waals surface area (Å²) in [7, 11) is 1.30. The molecule has 15 nitrogen and oxygen atoms in total. The molecule has 7 atom stereocenters. The van der Waals surface area contributed by atoms with Crippen molar-refractivity contribution in [1.29, 1.82) is 0 Å². The highest BCUT2D eigenvalue weighted by atomic mass is 32.2. The van der Waals surface area contributed by atoms with E-state index in [1.54, 1.807) is 0 Å². The molecule has 1 amide bonds. The van der Waals surface area contributed by atoms with Gasteiger partial charge in [0.1, 0.15) is 35.6 Å². The molecule has 46 heavy (non-hydrogen) atoms. The van der Waals surface area contributed by atoms with Gasteiger partial charge in [-0.25, -0.2) is 4.79 Å². The van der Waals surface area contributed by atoms with E-state index in [4.69, 9.17) is 18.9 Å². The molecule has 5 rings (SSSR count). The summed E-state index contributed by atoms with van der Waals surface area (Å²) in [5.74, 6) is -4.07. The third kappa shape index (κ3) is 5.87. The Balaban J connectivity index is 1.52. The molecule has 0 aromatic heterocycles.